The first-order valence-corrected chi connectivity index (χ1v) is 10.5. The number of aromatic hydroxyl groups is 1. The number of aryl methyl sites for hydroxylation is 1. The molecular weight excluding hydrogens is 388 g/mol. The molecule has 0 saturated carbocycles. The fourth-order valence-electron chi connectivity index (χ4n) is 4.99. The van der Waals surface area contributed by atoms with Gasteiger partial charge in [-0.2, -0.15) is 0 Å². The predicted octanol–water partition coefficient (Wildman–Crippen LogP) is 5.26. The van der Waals surface area contributed by atoms with Crippen LogP contribution in [-0.4, -0.2) is 25.1 Å². The third-order valence-corrected chi connectivity index (χ3v) is 6.51. The highest BCUT2D eigenvalue weighted by Gasteiger charge is 2.32. The van der Waals surface area contributed by atoms with E-state index < -0.39 is 0 Å². The Balaban J connectivity index is 1.59. The number of hydrogen-bond donors (Lipinski definition) is 1. The number of ketones is 1. The van der Waals surface area contributed by atoms with Crippen molar-refractivity contribution in [3.05, 3.63) is 82.9 Å². The molecule has 1 atom stereocenters. The van der Waals surface area contributed by atoms with Gasteiger partial charge < -0.3 is 14.6 Å². The summed E-state index contributed by atoms with van der Waals surface area (Å²) >= 11 is 0. The summed E-state index contributed by atoms with van der Waals surface area (Å²) < 4.78 is 10.9. The lowest BCUT2D eigenvalue weighted by molar-refractivity contribution is -0.117. The van der Waals surface area contributed by atoms with Gasteiger partial charge in [-0.15, -0.1) is 0 Å². The molecule has 0 amide bonds. The lowest BCUT2D eigenvalue weighted by Gasteiger charge is -2.30. The highest BCUT2D eigenvalue weighted by molar-refractivity contribution is 6.04. The van der Waals surface area contributed by atoms with Crippen molar-refractivity contribution in [3.8, 4) is 17.2 Å². The number of rotatable bonds is 4. The lowest BCUT2D eigenvalue weighted by Crippen LogP contribution is -2.24. The molecule has 0 heterocycles. The fourth-order valence-corrected chi connectivity index (χ4v) is 4.99. The van der Waals surface area contributed by atoms with Gasteiger partial charge in [0.25, 0.3) is 0 Å². The van der Waals surface area contributed by atoms with Crippen LogP contribution < -0.4 is 9.47 Å². The Hall–Kier alpha value is -3.53. The molecule has 0 radical (unpaired) electrons. The van der Waals surface area contributed by atoms with Gasteiger partial charge in [-0.25, -0.2) is 0 Å². The molecule has 3 aromatic carbocycles. The van der Waals surface area contributed by atoms with Crippen LogP contribution in [0.4, 0.5) is 0 Å². The van der Waals surface area contributed by atoms with Crippen LogP contribution in [-0.2, 0) is 17.6 Å². The number of carbonyl (C=O) groups excluding carboxylic acids is 1. The second-order valence-electron chi connectivity index (χ2n) is 8.08. The highest BCUT2D eigenvalue weighted by atomic mass is 16.5. The maximum absolute atomic E-state index is 12.9. The van der Waals surface area contributed by atoms with E-state index in [-0.39, 0.29) is 11.7 Å². The van der Waals surface area contributed by atoms with Crippen molar-refractivity contribution < 1.29 is 19.4 Å². The fraction of sp³-hybridized carbons (Fsp3) is 0.222. The van der Waals surface area contributed by atoms with Crippen LogP contribution in [0.5, 0.6) is 17.2 Å². The summed E-state index contributed by atoms with van der Waals surface area (Å²) in [7, 11) is 3.27. The molecule has 5 rings (SSSR count). The molecular formula is C27H24O4. The van der Waals surface area contributed by atoms with Gasteiger partial charge >= 0.3 is 0 Å². The van der Waals surface area contributed by atoms with Crippen molar-refractivity contribution >= 4 is 22.1 Å². The number of hydrogen-bond acceptors (Lipinski definition) is 4. The van der Waals surface area contributed by atoms with Crippen LogP contribution in [0.15, 0.2) is 66.3 Å². The number of carbonyl (C=O) groups is 1. The second kappa shape index (κ2) is 7.62. The molecule has 0 aliphatic heterocycles. The molecule has 1 unspecified atom stereocenters. The van der Waals surface area contributed by atoms with Crippen LogP contribution in [0, 0.1) is 5.92 Å². The maximum Gasteiger partial charge on any atom is 0.163 e. The van der Waals surface area contributed by atoms with Gasteiger partial charge in [0.15, 0.2) is 5.78 Å². The number of ether oxygens (including phenoxy) is 2. The Labute approximate surface area is 181 Å². The quantitative estimate of drug-likeness (QED) is 0.635. The molecule has 4 nitrogen and oxygen atoms in total. The minimum Gasteiger partial charge on any atom is -0.507 e. The van der Waals surface area contributed by atoms with E-state index >= 15 is 0 Å². The average Bonchev–Trinajstić information content (AvgIpc) is 2.80. The van der Waals surface area contributed by atoms with E-state index in [2.05, 4.69) is 12.1 Å². The molecule has 156 valence electrons. The van der Waals surface area contributed by atoms with Crippen molar-refractivity contribution in [2.45, 2.75) is 19.3 Å². The number of benzene rings is 3. The molecule has 3 aromatic rings. The summed E-state index contributed by atoms with van der Waals surface area (Å²) in [6, 6.07) is 15.6. The Bertz CT molecular complexity index is 1270. The van der Waals surface area contributed by atoms with Crippen LogP contribution in [0.2, 0.25) is 0 Å². The molecule has 0 fully saturated rings. The molecule has 0 spiro atoms. The van der Waals surface area contributed by atoms with Crippen molar-refractivity contribution in [3.63, 3.8) is 0 Å². The summed E-state index contributed by atoms with van der Waals surface area (Å²) in [4.78, 5) is 12.9. The molecule has 2 aliphatic carbocycles. The lowest BCUT2D eigenvalue weighted by atomic mass is 9.73. The average molecular weight is 412 g/mol. The van der Waals surface area contributed by atoms with Crippen LogP contribution >= 0.6 is 0 Å². The predicted molar refractivity (Wildman–Crippen MR) is 122 cm³/mol. The van der Waals surface area contributed by atoms with Gasteiger partial charge in [-0.3, -0.25) is 4.79 Å². The van der Waals surface area contributed by atoms with E-state index in [1.807, 2.05) is 36.4 Å². The Morgan fingerprint density at radius 1 is 1.00 bits per heavy atom. The van der Waals surface area contributed by atoms with Gasteiger partial charge in [0.1, 0.15) is 17.2 Å². The summed E-state index contributed by atoms with van der Waals surface area (Å²) in [5.41, 5.74) is 5.56. The minimum atomic E-state index is -0.212. The standard InChI is InChI=1S/C27H24O4/c1-30-18-8-6-17(26(15-18)31-2)14-23-21-10-11-22-20(19(21)12-13-24(23)28)9-7-16-4-3-5-25(29)27(16)22/h3-9,12-13,15,23,29H,10-11,14H2,1-2H3. The van der Waals surface area contributed by atoms with E-state index in [1.54, 1.807) is 26.4 Å². The van der Waals surface area contributed by atoms with E-state index in [1.165, 1.54) is 5.57 Å². The third-order valence-electron chi connectivity index (χ3n) is 6.51. The molecule has 0 saturated heterocycles. The maximum atomic E-state index is 12.9. The van der Waals surface area contributed by atoms with Crippen molar-refractivity contribution in [1.82, 2.24) is 0 Å². The van der Waals surface area contributed by atoms with E-state index in [0.29, 0.717) is 12.2 Å². The Morgan fingerprint density at radius 2 is 1.87 bits per heavy atom. The SMILES string of the molecule is COc1ccc(CC2C(=O)C=CC3=C2CCc2c3ccc3cccc(O)c23)c(OC)c1. The summed E-state index contributed by atoms with van der Waals surface area (Å²) in [6.45, 7) is 0. The minimum absolute atomic E-state index is 0.128. The number of phenols is 1. The second-order valence-corrected chi connectivity index (χ2v) is 8.08. The van der Waals surface area contributed by atoms with Gasteiger partial charge in [-0.1, -0.05) is 42.0 Å². The zero-order valence-corrected chi connectivity index (χ0v) is 17.6. The topological polar surface area (TPSA) is 55.8 Å². The summed E-state index contributed by atoms with van der Waals surface area (Å²) in [5, 5.41) is 12.5. The van der Waals surface area contributed by atoms with E-state index in [9.17, 15) is 9.90 Å². The Morgan fingerprint density at radius 3 is 2.68 bits per heavy atom. The number of methoxy groups -OCH3 is 2. The van der Waals surface area contributed by atoms with Crippen molar-refractivity contribution in [1.29, 1.82) is 0 Å². The number of allylic oxidation sites excluding steroid dienone is 4. The molecule has 31 heavy (non-hydrogen) atoms. The van der Waals surface area contributed by atoms with Crippen molar-refractivity contribution in [2.75, 3.05) is 14.2 Å². The van der Waals surface area contributed by atoms with E-state index in [4.69, 9.17) is 9.47 Å². The molecule has 0 aromatic heterocycles. The first-order chi connectivity index (χ1) is 15.1. The van der Waals surface area contributed by atoms with Gasteiger partial charge in [0.2, 0.25) is 0 Å². The molecule has 4 heteroatoms. The molecule has 1 N–H and O–H groups in total. The van der Waals surface area contributed by atoms with Crippen LogP contribution in [0.3, 0.4) is 0 Å². The van der Waals surface area contributed by atoms with E-state index in [0.717, 1.165) is 57.4 Å². The van der Waals surface area contributed by atoms with Gasteiger partial charge in [-0.05, 0) is 65.1 Å². The largest absolute Gasteiger partial charge is 0.507 e. The highest BCUT2D eigenvalue weighted by Crippen LogP contribution is 2.44. The van der Waals surface area contributed by atoms with Crippen molar-refractivity contribution in [2.24, 2.45) is 5.92 Å². The van der Waals surface area contributed by atoms with Gasteiger partial charge in [0, 0.05) is 17.4 Å². The zero-order valence-electron chi connectivity index (χ0n) is 17.6. The monoisotopic (exact) mass is 412 g/mol. The van der Waals surface area contributed by atoms with Crippen LogP contribution in [0.1, 0.15) is 23.1 Å². The smallest absolute Gasteiger partial charge is 0.163 e. The molecule has 2 aliphatic rings. The first-order valence-electron chi connectivity index (χ1n) is 10.5. The van der Waals surface area contributed by atoms with Gasteiger partial charge in [0.05, 0.1) is 14.2 Å². The Kier molecular flexibility index (Phi) is 4.78. The summed E-state index contributed by atoms with van der Waals surface area (Å²) in [5.74, 6) is 1.69. The third kappa shape index (κ3) is 3.19. The summed E-state index contributed by atoms with van der Waals surface area (Å²) in [6.07, 6.45) is 5.84. The first kappa shape index (κ1) is 19.4. The number of fused-ring (bicyclic) bond motifs is 4. The zero-order chi connectivity index (χ0) is 21.5. The molecule has 0 bridgehead atoms. The number of phenolic OH excluding ortho intramolecular Hbond substituents is 1. The van der Waals surface area contributed by atoms with Crippen LogP contribution in [0.25, 0.3) is 16.3 Å². The normalized spacial score (nSPS) is 17.5.